The molecule has 0 amide bonds. The van der Waals surface area contributed by atoms with Crippen molar-refractivity contribution >= 4 is 26.5 Å². The topological polar surface area (TPSA) is 73.5 Å². The van der Waals surface area contributed by atoms with Gasteiger partial charge in [0.05, 0.1) is 5.75 Å². The molecule has 0 bridgehead atoms. The molecule has 0 atom stereocenters. The van der Waals surface area contributed by atoms with Crippen molar-refractivity contribution in [2.24, 2.45) is 5.16 Å². The SMILES string of the molecule is CC1(C)CC(S(=O)(=O)Cc2c(C(F)F)nn(CC(F)F)c2Cl)=NO1. The van der Waals surface area contributed by atoms with Crippen LogP contribution in [0.15, 0.2) is 5.16 Å². The lowest BCUT2D eigenvalue weighted by Crippen LogP contribution is -2.23. The molecular weight excluding hydrogens is 378 g/mol. The Hall–Kier alpha value is -1.36. The van der Waals surface area contributed by atoms with Crippen LogP contribution in [0.3, 0.4) is 0 Å². The van der Waals surface area contributed by atoms with Crippen LogP contribution >= 0.6 is 11.6 Å². The van der Waals surface area contributed by atoms with Crippen molar-refractivity contribution < 1.29 is 30.8 Å². The first kappa shape index (κ1) is 19.0. The van der Waals surface area contributed by atoms with Gasteiger partial charge in [0.25, 0.3) is 12.9 Å². The fourth-order valence-electron chi connectivity index (χ4n) is 2.10. The van der Waals surface area contributed by atoms with E-state index in [0.717, 1.165) is 0 Å². The highest BCUT2D eigenvalue weighted by Gasteiger charge is 2.38. The number of sulfone groups is 1. The summed E-state index contributed by atoms with van der Waals surface area (Å²) in [5.74, 6) is -0.924. The van der Waals surface area contributed by atoms with Gasteiger partial charge in [-0.2, -0.15) is 5.10 Å². The fraction of sp³-hybridized carbons (Fsp3) is 0.667. The third-order valence-corrected chi connectivity index (χ3v) is 5.22. The molecule has 6 nitrogen and oxygen atoms in total. The van der Waals surface area contributed by atoms with Crippen molar-refractivity contribution in [2.75, 3.05) is 0 Å². The number of oxime groups is 1. The third kappa shape index (κ3) is 4.00. The molecule has 0 saturated carbocycles. The molecule has 0 unspecified atom stereocenters. The van der Waals surface area contributed by atoms with Gasteiger partial charge >= 0.3 is 0 Å². The molecule has 0 radical (unpaired) electrons. The van der Waals surface area contributed by atoms with E-state index < -0.39 is 57.0 Å². The summed E-state index contributed by atoms with van der Waals surface area (Å²) in [5, 5.41) is 5.90. The van der Waals surface area contributed by atoms with Crippen LogP contribution in [0.1, 0.15) is 38.0 Å². The van der Waals surface area contributed by atoms with Crippen LogP contribution in [-0.4, -0.2) is 35.3 Å². The van der Waals surface area contributed by atoms with E-state index in [4.69, 9.17) is 16.4 Å². The highest BCUT2D eigenvalue weighted by Crippen LogP contribution is 2.32. The van der Waals surface area contributed by atoms with Gasteiger partial charge in [-0.05, 0) is 13.8 Å². The Balaban J connectivity index is 2.36. The lowest BCUT2D eigenvalue weighted by atomic mass is 10.1. The van der Waals surface area contributed by atoms with Crippen molar-refractivity contribution in [1.29, 1.82) is 0 Å². The first-order valence-corrected chi connectivity index (χ1v) is 8.75. The average Bonchev–Trinajstić information content (AvgIpc) is 2.93. The molecule has 0 aliphatic carbocycles. The molecule has 0 fully saturated rings. The molecule has 24 heavy (non-hydrogen) atoms. The van der Waals surface area contributed by atoms with Crippen LogP contribution in [0.5, 0.6) is 0 Å². The molecule has 1 aliphatic rings. The van der Waals surface area contributed by atoms with Gasteiger partial charge in [0.15, 0.2) is 14.9 Å². The van der Waals surface area contributed by atoms with Crippen molar-refractivity contribution in [3.05, 3.63) is 16.4 Å². The van der Waals surface area contributed by atoms with Crippen LogP contribution in [0.2, 0.25) is 5.15 Å². The second-order valence-corrected chi connectivity index (χ2v) is 8.15. The third-order valence-electron chi connectivity index (χ3n) is 3.20. The highest BCUT2D eigenvalue weighted by molar-refractivity contribution is 8.05. The Kier molecular flexibility index (Phi) is 5.14. The Bertz CT molecular complexity index is 762. The second-order valence-electron chi connectivity index (χ2n) is 5.80. The molecule has 1 aromatic rings. The summed E-state index contributed by atoms with van der Waals surface area (Å²) in [6.45, 7) is 2.20. The summed E-state index contributed by atoms with van der Waals surface area (Å²) in [6.07, 6.45) is -6.09. The maximum atomic E-state index is 13.1. The predicted molar refractivity (Wildman–Crippen MR) is 78.0 cm³/mol. The minimum Gasteiger partial charge on any atom is -0.389 e. The monoisotopic (exact) mass is 391 g/mol. The molecule has 136 valence electrons. The van der Waals surface area contributed by atoms with Crippen molar-refractivity contribution in [1.82, 2.24) is 9.78 Å². The van der Waals surface area contributed by atoms with E-state index in [-0.39, 0.29) is 11.5 Å². The maximum absolute atomic E-state index is 13.1. The number of halogens is 5. The average molecular weight is 392 g/mol. The molecular formula is C12H14ClF4N3O3S. The van der Waals surface area contributed by atoms with Gasteiger partial charge in [0.2, 0.25) is 0 Å². The Labute approximate surface area is 140 Å². The zero-order chi connectivity index (χ0) is 18.3. The Morgan fingerprint density at radius 1 is 1.33 bits per heavy atom. The van der Waals surface area contributed by atoms with Crippen LogP contribution < -0.4 is 0 Å². The summed E-state index contributed by atoms with van der Waals surface area (Å²) in [4.78, 5) is 4.95. The number of hydrogen-bond donors (Lipinski definition) is 0. The predicted octanol–water partition coefficient (Wildman–Crippen LogP) is 3.17. The number of alkyl halides is 4. The maximum Gasteiger partial charge on any atom is 0.282 e. The van der Waals surface area contributed by atoms with Crippen LogP contribution in [-0.2, 0) is 27.0 Å². The minimum atomic E-state index is -4.11. The van der Waals surface area contributed by atoms with Crippen LogP contribution in [0.4, 0.5) is 17.6 Å². The van der Waals surface area contributed by atoms with Crippen molar-refractivity contribution in [2.45, 2.75) is 51.0 Å². The molecule has 2 heterocycles. The summed E-state index contributed by atoms with van der Waals surface area (Å²) >= 11 is 5.78. The quantitative estimate of drug-likeness (QED) is 0.723. The van der Waals surface area contributed by atoms with Crippen LogP contribution in [0, 0.1) is 0 Å². The highest BCUT2D eigenvalue weighted by atomic mass is 35.5. The van der Waals surface area contributed by atoms with Gasteiger partial charge in [-0.15, -0.1) is 0 Å². The molecule has 2 rings (SSSR count). The van der Waals surface area contributed by atoms with Gasteiger partial charge in [-0.3, -0.25) is 0 Å². The smallest absolute Gasteiger partial charge is 0.282 e. The molecule has 12 heteroatoms. The number of rotatable bonds is 5. The molecule has 0 spiro atoms. The van der Waals surface area contributed by atoms with Gasteiger partial charge in [-0.25, -0.2) is 30.7 Å². The first-order chi connectivity index (χ1) is 10.9. The fourth-order valence-corrected chi connectivity index (χ4v) is 4.00. The van der Waals surface area contributed by atoms with Gasteiger partial charge in [0.1, 0.15) is 23.0 Å². The second kappa shape index (κ2) is 6.51. The van der Waals surface area contributed by atoms with Gasteiger partial charge in [-0.1, -0.05) is 16.8 Å². The summed E-state index contributed by atoms with van der Waals surface area (Å²) in [7, 11) is -4.11. The molecule has 1 aliphatic heterocycles. The number of aromatic nitrogens is 2. The van der Waals surface area contributed by atoms with Gasteiger partial charge < -0.3 is 4.84 Å². The Morgan fingerprint density at radius 3 is 2.42 bits per heavy atom. The lowest BCUT2D eigenvalue weighted by molar-refractivity contribution is 0.0123. The van der Waals surface area contributed by atoms with Crippen molar-refractivity contribution in [3.63, 3.8) is 0 Å². The van der Waals surface area contributed by atoms with Gasteiger partial charge in [0, 0.05) is 12.0 Å². The molecule has 0 N–H and O–H groups in total. The van der Waals surface area contributed by atoms with E-state index in [1.54, 1.807) is 13.8 Å². The minimum absolute atomic E-state index is 0.0395. The van der Waals surface area contributed by atoms with Crippen LogP contribution in [0.25, 0.3) is 0 Å². The standard InChI is InChI=1S/C12H14ClF4N3O3S/c1-12(2)3-8(19-23-12)24(21,22)5-6-9(11(16)17)18-20(10(6)13)4-7(14)15/h7,11H,3-5H2,1-2H3. The van der Waals surface area contributed by atoms with Crippen molar-refractivity contribution in [3.8, 4) is 0 Å². The zero-order valence-electron chi connectivity index (χ0n) is 12.6. The lowest BCUT2D eigenvalue weighted by Gasteiger charge is -2.13. The summed E-state index contributed by atoms with van der Waals surface area (Å²) < 4.78 is 76.2. The molecule has 0 aromatic carbocycles. The zero-order valence-corrected chi connectivity index (χ0v) is 14.2. The summed E-state index contributed by atoms with van der Waals surface area (Å²) in [5.41, 5.74) is -2.29. The molecule has 1 aromatic heterocycles. The normalized spacial score (nSPS) is 17.5. The number of nitrogens with zero attached hydrogens (tertiary/aromatic N) is 3. The van der Waals surface area contributed by atoms with E-state index in [1.807, 2.05) is 0 Å². The van der Waals surface area contributed by atoms with E-state index in [2.05, 4.69) is 10.3 Å². The van der Waals surface area contributed by atoms with E-state index >= 15 is 0 Å². The van der Waals surface area contributed by atoms with E-state index in [9.17, 15) is 26.0 Å². The largest absolute Gasteiger partial charge is 0.389 e. The number of hydrogen-bond acceptors (Lipinski definition) is 5. The Morgan fingerprint density at radius 2 is 1.96 bits per heavy atom. The van der Waals surface area contributed by atoms with E-state index in [0.29, 0.717) is 4.68 Å². The molecule has 0 saturated heterocycles. The first-order valence-electron chi connectivity index (χ1n) is 6.72. The summed E-state index contributed by atoms with van der Waals surface area (Å²) in [6, 6.07) is 0. The van der Waals surface area contributed by atoms with E-state index in [1.165, 1.54) is 0 Å².